The number of carbonyl (C=O) groups is 2. The van der Waals surface area contributed by atoms with Crippen LogP contribution in [0.1, 0.15) is 26.7 Å². The molecule has 6 heteroatoms. The Hall–Kier alpha value is -1.14. The molecule has 1 fully saturated rings. The van der Waals surface area contributed by atoms with Gasteiger partial charge in [-0.1, -0.05) is 6.92 Å². The summed E-state index contributed by atoms with van der Waals surface area (Å²) in [4.78, 5) is 24.5. The molecule has 0 saturated carbocycles. The van der Waals surface area contributed by atoms with Gasteiger partial charge in [-0.2, -0.15) is 0 Å². The molecule has 1 heterocycles. The highest BCUT2D eigenvalue weighted by atomic mass is 16.2. The number of likely N-dealkylation sites (N-methyl/N-ethyl adjacent to an activating group) is 1. The molecule has 0 aromatic rings. The molecule has 3 amide bonds. The van der Waals surface area contributed by atoms with E-state index in [-0.39, 0.29) is 11.9 Å². The maximum Gasteiger partial charge on any atom is 0.318 e. The first kappa shape index (κ1) is 13.9. The molecule has 0 radical (unpaired) electrons. The normalized spacial score (nSPS) is 19.0. The van der Waals surface area contributed by atoms with Crippen LogP contribution in [-0.2, 0) is 4.79 Å². The van der Waals surface area contributed by atoms with Crippen LogP contribution in [-0.4, -0.2) is 48.6 Å². The maximum atomic E-state index is 11.7. The molecule has 0 aromatic heterocycles. The molecule has 1 saturated heterocycles. The minimum Gasteiger partial charge on any atom is -0.351 e. The van der Waals surface area contributed by atoms with Crippen LogP contribution in [0.15, 0.2) is 0 Å². The Bertz CT molecular complexity index is 277. The van der Waals surface area contributed by atoms with Crippen molar-refractivity contribution in [1.82, 2.24) is 15.5 Å². The van der Waals surface area contributed by atoms with Crippen molar-refractivity contribution in [3.63, 3.8) is 0 Å². The van der Waals surface area contributed by atoms with Crippen molar-refractivity contribution in [1.29, 1.82) is 0 Å². The molecule has 1 rings (SSSR count). The Morgan fingerprint density at radius 3 is 2.53 bits per heavy atom. The predicted octanol–water partition coefficient (Wildman–Crippen LogP) is -0.356. The molecule has 1 aliphatic heterocycles. The molecule has 1 unspecified atom stereocenters. The summed E-state index contributed by atoms with van der Waals surface area (Å²) >= 11 is 0. The second-order valence-electron chi connectivity index (χ2n) is 4.34. The molecule has 4 N–H and O–H groups in total. The van der Waals surface area contributed by atoms with E-state index in [1.54, 1.807) is 0 Å². The molecule has 6 nitrogen and oxygen atoms in total. The number of hydrogen-bond acceptors (Lipinski definition) is 4. The third kappa shape index (κ3) is 3.98. The van der Waals surface area contributed by atoms with E-state index in [4.69, 9.17) is 5.73 Å². The Morgan fingerprint density at radius 2 is 2.06 bits per heavy atom. The van der Waals surface area contributed by atoms with Gasteiger partial charge in [0.2, 0.25) is 5.91 Å². The number of imide groups is 1. The topological polar surface area (TPSA) is 87.5 Å². The van der Waals surface area contributed by atoms with Gasteiger partial charge in [-0.05, 0) is 39.4 Å². The summed E-state index contributed by atoms with van der Waals surface area (Å²) in [6.07, 6.45) is 2.06. The van der Waals surface area contributed by atoms with E-state index >= 15 is 0 Å². The standard InChI is InChI=1S/C11H22N4O2/c1-3-15(9-4-6-13-7-5-9)8(2)10(16)14-11(12)17/h8-9,13H,3-7H2,1-2H3,(H3,12,14,16,17). The van der Waals surface area contributed by atoms with Crippen molar-refractivity contribution in [2.75, 3.05) is 19.6 Å². The van der Waals surface area contributed by atoms with E-state index in [0.717, 1.165) is 32.5 Å². The Morgan fingerprint density at radius 1 is 1.47 bits per heavy atom. The summed E-state index contributed by atoms with van der Waals surface area (Å²) in [6, 6.07) is -0.714. The third-order valence-corrected chi connectivity index (χ3v) is 3.27. The lowest BCUT2D eigenvalue weighted by Crippen LogP contribution is -2.53. The van der Waals surface area contributed by atoms with Crippen LogP contribution >= 0.6 is 0 Å². The predicted molar refractivity (Wildman–Crippen MR) is 65.5 cm³/mol. The van der Waals surface area contributed by atoms with E-state index in [0.29, 0.717) is 6.04 Å². The molecule has 0 spiro atoms. The first-order valence-electron chi connectivity index (χ1n) is 6.13. The third-order valence-electron chi connectivity index (χ3n) is 3.27. The lowest BCUT2D eigenvalue weighted by Gasteiger charge is -2.37. The monoisotopic (exact) mass is 242 g/mol. The molecular weight excluding hydrogens is 220 g/mol. The van der Waals surface area contributed by atoms with Crippen LogP contribution in [0.3, 0.4) is 0 Å². The molecule has 17 heavy (non-hydrogen) atoms. The number of rotatable bonds is 4. The summed E-state index contributed by atoms with van der Waals surface area (Å²) in [5.74, 6) is -0.321. The number of amides is 3. The molecule has 98 valence electrons. The van der Waals surface area contributed by atoms with Crippen molar-refractivity contribution in [3.05, 3.63) is 0 Å². The van der Waals surface area contributed by atoms with Gasteiger partial charge in [0.15, 0.2) is 0 Å². The highest BCUT2D eigenvalue weighted by Crippen LogP contribution is 2.14. The van der Waals surface area contributed by atoms with Crippen LogP contribution in [0.25, 0.3) is 0 Å². The number of nitrogens with zero attached hydrogens (tertiary/aromatic N) is 1. The Labute approximate surface area is 102 Å². The largest absolute Gasteiger partial charge is 0.351 e. The fourth-order valence-electron chi connectivity index (χ4n) is 2.36. The zero-order chi connectivity index (χ0) is 12.8. The van der Waals surface area contributed by atoms with Gasteiger partial charge in [0.05, 0.1) is 6.04 Å². The van der Waals surface area contributed by atoms with Crippen molar-refractivity contribution < 1.29 is 9.59 Å². The average Bonchev–Trinajstić information content (AvgIpc) is 2.30. The molecule has 0 aliphatic carbocycles. The zero-order valence-corrected chi connectivity index (χ0v) is 10.5. The number of nitrogens with two attached hydrogens (primary N) is 1. The van der Waals surface area contributed by atoms with Crippen molar-refractivity contribution in [3.8, 4) is 0 Å². The average molecular weight is 242 g/mol. The fraction of sp³-hybridized carbons (Fsp3) is 0.818. The SMILES string of the molecule is CCN(C1CCNCC1)C(C)C(=O)NC(N)=O. The van der Waals surface area contributed by atoms with Crippen molar-refractivity contribution >= 4 is 11.9 Å². The maximum absolute atomic E-state index is 11.7. The van der Waals surface area contributed by atoms with Crippen LogP contribution < -0.4 is 16.4 Å². The second-order valence-corrected chi connectivity index (χ2v) is 4.34. The highest BCUT2D eigenvalue weighted by molar-refractivity contribution is 5.96. The number of urea groups is 1. The summed E-state index contributed by atoms with van der Waals surface area (Å²) in [5, 5.41) is 5.43. The van der Waals surface area contributed by atoms with E-state index in [1.807, 2.05) is 13.8 Å². The molecule has 1 aliphatic rings. The second kappa shape index (κ2) is 6.56. The number of hydrogen-bond donors (Lipinski definition) is 3. The van der Waals surface area contributed by atoms with Gasteiger partial charge in [0, 0.05) is 6.04 Å². The van der Waals surface area contributed by atoms with Gasteiger partial charge in [-0.3, -0.25) is 15.0 Å². The molecular formula is C11H22N4O2. The van der Waals surface area contributed by atoms with Gasteiger partial charge in [-0.25, -0.2) is 4.79 Å². The van der Waals surface area contributed by atoms with Crippen LogP contribution in [0.2, 0.25) is 0 Å². The Kier molecular flexibility index (Phi) is 5.37. The molecule has 1 atom stereocenters. The van der Waals surface area contributed by atoms with Crippen molar-refractivity contribution in [2.24, 2.45) is 5.73 Å². The zero-order valence-electron chi connectivity index (χ0n) is 10.5. The van der Waals surface area contributed by atoms with E-state index in [9.17, 15) is 9.59 Å². The molecule has 0 aromatic carbocycles. The number of primary amides is 1. The summed E-state index contributed by atoms with van der Waals surface area (Å²) in [5.41, 5.74) is 4.95. The number of carbonyl (C=O) groups excluding carboxylic acids is 2. The lowest BCUT2D eigenvalue weighted by atomic mass is 10.0. The van der Waals surface area contributed by atoms with Crippen LogP contribution in [0.5, 0.6) is 0 Å². The van der Waals surface area contributed by atoms with Crippen LogP contribution in [0.4, 0.5) is 4.79 Å². The first-order chi connectivity index (χ1) is 8.06. The number of nitrogens with one attached hydrogen (secondary N) is 2. The minimum atomic E-state index is -0.789. The smallest absolute Gasteiger partial charge is 0.318 e. The fourth-order valence-corrected chi connectivity index (χ4v) is 2.36. The quantitative estimate of drug-likeness (QED) is 0.628. The summed E-state index contributed by atoms with van der Waals surface area (Å²) in [7, 11) is 0. The van der Waals surface area contributed by atoms with Gasteiger partial charge < -0.3 is 11.1 Å². The van der Waals surface area contributed by atoms with Gasteiger partial charge in [0.25, 0.3) is 0 Å². The summed E-state index contributed by atoms with van der Waals surface area (Å²) < 4.78 is 0. The highest BCUT2D eigenvalue weighted by Gasteiger charge is 2.28. The van der Waals surface area contributed by atoms with Crippen LogP contribution in [0, 0.1) is 0 Å². The van der Waals surface area contributed by atoms with E-state index < -0.39 is 6.03 Å². The van der Waals surface area contributed by atoms with Gasteiger partial charge >= 0.3 is 6.03 Å². The van der Waals surface area contributed by atoms with Gasteiger partial charge in [0.1, 0.15) is 0 Å². The first-order valence-corrected chi connectivity index (χ1v) is 6.13. The van der Waals surface area contributed by atoms with E-state index in [1.165, 1.54) is 0 Å². The molecule has 0 bridgehead atoms. The minimum absolute atomic E-state index is 0.321. The van der Waals surface area contributed by atoms with Crippen molar-refractivity contribution in [2.45, 2.75) is 38.8 Å². The lowest BCUT2D eigenvalue weighted by molar-refractivity contribution is -0.125. The van der Waals surface area contributed by atoms with Gasteiger partial charge in [-0.15, -0.1) is 0 Å². The summed E-state index contributed by atoms with van der Waals surface area (Å²) in [6.45, 7) is 6.58. The number of piperidine rings is 1. The Balaban J connectivity index is 2.58. The van der Waals surface area contributed by atoms with E-state index in [2.05, 4.69) is 15.5 Å².